The van der Waals surface area contributed by atoms with Gasteiger partial charge in [-0.05, 0) is 45.5 Å². The van der Waals surface area contributed by atoms with Crippen molar-refractivity contribution >= 4 is 22.2 Å². The highest BCUT2D eigenvalue weighted by molar-refractivity contribution is 9.10. The van der Waals surface area contributed by atoms with E-state index in [4.69, 9.17) is 0 Å². The van der Waals surface area contributed by atoms with E-state index in [0.717, 1.165) is 11.8 Å². The first-order valence-corrected chi connectivity index (χ1v) is 6.52. The van der Waals surface area contributed by atoms with Crippen LogP contribution in [0.2, 0.25) is 0 Å². The Kier molecular flexibility index (Phi) is 6.03. The molecule has 0 unspecified atom stereocenters. The Morgan fingerprint density at radius 3 is 2.12 bits per heavy atom. The van der Waals surface area contributed by atoms with Crippen molar-refractivity contribution in [1.82, 2.24) is 0 Å². The first-order valence-electron chi connectivity index (χ1n) is 5.73. The Balaban J connectivity index is 0.00000121. The van der Waals surface area contributed by atoms with Crippen LogP contribution in [0.25, 0.3) is 0 Å². The van der Waals surface area contributed by atoms with E-state index in [1.54, 1.807) is 6.92 Å². The van der Waals surface area contributed by atoms with Gasteiger partial charge >= 0.3 is 0 Å². The highest BCUT2D eigenvalue weighted by atomic mass is 79.9. The van der Waals surface area contributed by atoms with Gasteiger partial charge in [0.05, 0.1) is 4.47 Å². The Morgan fingerprint density at radius 2 is 1.76 bits per heavy atom. The molecule has 1 aromatic rings. The van der Waals surface area contributed by atoms with Crippen LogP contribution in [0.4, 0.5) is 4.39 Å². The van der Waals surface area contributed by atoms with Crippen LogP contribution in [0, 0.1) is 12.7 Å². The third-order valence-electron chi connectivity index (χ3n) is 2.40. The molecule has 1 rings (SSSR count). The van der Waals surface area contributed by atoms with Crippen molar-refractivity contribution in [2.24, 2.45) is 0 Å². The highest BCUT2D eigenvalue weighted by Gasteiger charge is 2.24. The minimum atomic E-state index is -0.310. The molecule has 0 aliphatic carbocycles. The molecular weight excluding hydrogens is 283 g/mol. The van der Waals surface area contributed by atoms with E-state index < -0.39 is 0 Å². The van der Waals surface area contributed by atoms with Crippen LogP contribution >= 0.6 is 15.9 Å². The summed E-state index contributed by atoms with van der Waals surface area (Å²) < 4.78 is 14.3. The van der Waals surface area contributed by atoms with Crippen LogP contribution in [-0.2, 0) is 5.41 Å². The predicted octanol–water partition coefficient (Wildman–Crippen LogP) is 5.03. The second-order valence-corrected chi connectivity index (χ2v) is 5.48. The second-order valence-electron chi connectivity index (χ2n) is 4.63. The molecular formula is C14H20BrFO. The molecule has 0 heterocycles. The van der Waals surface area contributed by atoms with Crippen molar-refractivity contribution in [3.63, 3.8) is 0 Å². The molecule has 0 aliphatic heterocycles. The molecule has 0 aromatic heterocycles. The minimum absolute atomic E-state index is 0.273. The largest absolute Gasteiger partial charge is 0.298 e. The molecule has 0 atom stereocenters. The minimum Gasteiger partial charge on any atom is -0.298 e. The molecule has 0 saturated carbocycles. The fourth-order valence-electron chi connectivity index (χ4n) is 1.75. The standard InChI is InChI=1S/C12H14BrFO.C2H6/c1-7-8(6-15)5-9(13)11(14)10(7)12(2,3)4;1-2/h5-6H,1-4H3;1-2H3. The van der Waals surface area contributed by atoms with E-state index in [1.807, 2.05) is 34.6 Å². The molecule has 0 spiro atoms. The van der Waals surface area contributed by atoms with Gasteiger partial charge in [0.2, 0.25) is 0 Å². The summed E-state index contributed by atoms with van der Waals surface area (Å²) >= 11 is 3.13. The Bertz CT molecular complexity index is 406. The summed E-state index contributed by atoms with van der Waals surface area (Å²) in [6.07, 6.45) is 0.759. The third kappa shape index (κ3) is 3.63. The van der Waals surface area contributed by atoms with Crippen molar-refractivity contribution in [1.29, 1.82) is 0 Å². The number of benzene rings is 1. The molecule has 0 N–H and O–H groups in total. The summed E-state index contributed by atoms with van der Waals surface area (Å²) in [4.78, 5) is 10.8. The average molecular weight is 303 g/mol. The lowest BCUT2D eigenvalue weighted by molar-refractivity contribution is 0.112. The molecule has 0 radical (unpaired) electrons. The molecule has 17 heavy (non-hydrogen) atoms. The van der Waals surface area contributed by atoms with Gasteiger partial charge in [-0.15, -0.1) is 0 Å². The van der Waals surface area contributed by atoms with Gasteiger partial charge in [0, 0.05) is 5.56 Å². The fraction of sp³-hybridized carbons (Fsp3) is 0.500. The lowest BCUT2D eigenvalue weighted by Gasteiger charge is -2.23. The maximum atomic E-state index is 13.9. The normalized spacial score (nSPS) is 10.6. The predicted molar refractivity (Wildman–Crippen MR) is 74.3 cm³/mol. The van der Waals surface area contributed by atoms with E-state index in [2.05, 4.69) is 15.9 Å². The van der Waals surface area contributed by atoms with Crippen molar-refractivity contribution in [3.05, 3.63) is 33.0 Å². The molecule has 0 aliphatic rings. The highest BCUT2D eigenvalue weighted by Crippen LogP contribution is 2.33. The van der Waals surface area contributed by atoms with Gasteiger partial charge in [-0.1, -0.05) is 34.6 Å². The fourth-order valence-corrected chi connectivity index (χ4v) is 2.20. The van der Waals surface area contributed by atoms with Gasteiger partial charge in [-0.2, -0.15) is 0 Å². The van der Waals surface area contributed by atoms with Crippen LogP contribution in [0.15, 0.2) is 10.5 Å². The van der Waals surface area contributed by atoms with Crippen molar-refractivity contribution in [2.75, 3.05) is 0 Å². The zero-order valence-electron chi connectivity index (χ0n) is 11.3. The van der Waals surface area contributed by atoms with Crippen molar-refractivity contribution in [2.45, 2.75) is 47.0 Å². The smallest absolute Gasteiger partial charge is 0.150 e. The maximum Gasteiger partial charge on any atom is 0.150 e. The third-order valence-corrected chi connectivity index (χ3v) is 2.97. The number of hydrogen-bond acceptors (Lipinski definition) is 1. The zero-order valence-corrected chi connectivity index (χ0v) is 12.9. The van der Waals surface area contributed by atoms with E-state index in [-0.39, 0.29) is 11.2 Å². The van der Waals surface area contributed by atoms with Gasteiger partial charge in [-0.3, -0.25) is 4.79 Å². The van der Waals surface area contributed by atoms with Crippen molar-refractivity contribution in [3.8, 4) is 0 Å². The average Bonchev–Trinajstić information content (AvgIpc) is 2.24. The van der Waals surface area contributed by atoms with Gasteiger partial charge in [0.25, 0.3) is 0 Å². The zero-order chi connectivity index (χ0) is 13.8. The molecule has 3 heteroatoms. The molecule has 0 amide bonds. The summed E-state index contributed by atoms with van der Waals surface area (Å²) in [7, 11) is 0. The van der Waals surface area contributed by atoms with Crippen LogP contribution in [0.5, 0.6) is 0 Å². The number of carbonyl (C=O) groups excluding carboxylic acids is 1. The Hall–Kier alpha value is -0.700. The Morgan fingerprint density at radius 1 is 1.29 bits per heavy atom. The van der Waals surface area contributed by atoms with Gasteiger partial charge < -0.3 is 0 Å². The van der Waals surface area contributed by atoms with Crippen LogP contribution in [-0.4, -0.2) is 6.29 Å². The molecule has 0 bridgehead atoms. The maximum absolute atomic E-state index is 13.9. The number of hydrogen-bond donors (Lipinski definition) is 0. The van der Waals surface area contributed by atoms with E-state index in [9.17, 15) is 9.18 Å². The molecule has 96 valence electrons. The summed E-state index contributed by atoms with van der Waals surface area (Å²) in [5, 5.41) is 0. The lowest BCUT2D eigenvalue weighted by atomic mass is 9.82. The topological polar surface area (TPSA) is 17.1 Å². The quantitative estimate of drug-likeness (QED) is 0.665. The van der Waals surface area contributed by atoms with E-state index >= 15 is 0 Å². The summed E-state index contributed by atoms with van der Waals surface area (Å²) in [5.74, 6) is -0.273. The monoisotopic (exact) mass is 302 g/mol. The first-order chi connectivity index (χ1) is 7.79. The number of halogens is 2. The summed E-state index contributed by atoms with van der Waals surface area (Å²) in [6, 6.07) is 1.52. The Labute approximate surface area is 112 Å². The van der Waals surface area contributed by atoms with Gasteiger partial charge in [-0.25, -0.2) is 4.39 Å². The van der Waals surface area contributed by atoms with E-state index in [1.165, 1.54) is 6.07 Å². The second kappa shape index (κ2) is 6.29. The van der Waals surface area contributed by atoms with Gasteiger partial charge in [0.1, 0.15) is 12.1 Å². The first kappa shape index (κ1) is 16.3. The van der Waals surface area contributed by atoms with Crippen LogP contribution in [0.3, 0.4) is 0 Å². The van der Waals surface area contributed by atoms with E-state index in [0.29, 0.717) is 15.6 Å². The molecule has 1 aromatic carbocycles. The van der Waals surface area contributed by atoms with Crippen LogP contribution < -0.4 is 0 Å². The molecule has 0 fully saturated rings. The molecule has 1 nitrogen and oxygen atoms in total. The lowest BCUT2D eigenvalue weighted by Crippen LogP contribution is -2.17. The van der Waals surface area contributed by atoms with Gasteiger partial charge in [0.15, 0.2) is 0 Å². The molecule has 0 saturated heterocycles. The SMILES string of the molecule is CC.Cc1c(C=O)cc(Br)c(F)c1C(C)(C)C. The van der Waals surface area contributed by atoms with Crippen molar-refractivity contribution < 1.29 is 9.18 Å². The number of aldehydes is 1. The van der Waals surface area contributed by atoms with Crippen LogP contribution in [0.1, 0.15) is 56.1 Å². The summed E-state index contributed by atoms with van der Waals surface area (Å²) in [6.45, 7) is 11.6. The number of carbonyl (C=O) groups is 1. The number of rotatable bonds is 1. The summed E-state index contributed by atoms with van der Waals surface area (Å²) in [5.41, 5.74) is 1.54.